The number of thiazole rings is 1. The van der Waals surface area contributed by atoms with Crippen LogP contribution in [0.4, 0.5) is 5.13 Å². The van der Waals surface area contributed by atoms with Crippen molar-refractivity contribution in [2.75, 3.05) is 17.2 Å². The minimum atomic E-state index is -0.0276. The lowest BCUT2D eigenvalue weighted by atomic mass is 10.0. The molecule has 0 aliphatic carbocycles. The Morgan fingerprint density at radius 2 is 1.94 bits per heavy atom. The molecule has 0 radical (unpaired) electrons. The zero-order valence-corrected chi connectivity index (χ0v) is 21.5. The third kappa shape index (κ3) is 5.14. The van der Waals surface area contributed by atoms with Gasteiger partial charge in [-0.25, -0.2) is 4.98 Å². The molecule has 2 heterocycles. The average Bonchev–Trinajstić information content (AvgIpc) is 3.36. The van der Waals surface area contributed by atoms with E-state index in [1.165, 1.54) is 5.56 Å². The lowest BCUT2D eigenvalue weighted by Crippen LogP contribution is -2.34. The van der Waals surface area contributed by atoms with Crippen LogP contribution in [0, 0.1) is 13.8 Å². The monoisotopic (exact) mass is 478 g/mol. The van der Waals surface area contributed by atoms with Crippen LogP contribution in [0.1, 0.15) is 54.0 Å². The minimum absolute atomic E-state index is 0.0276. The van der Waals surface area contributed by atoms with Crippen molar-refractivity contribution in [3.05, 3.63) is 71.0 Å². The predicted molar refractivity (Wildman–Crippen MR) is 140 cm³/mol. The smallest absolute Gasteiger partial charge is 0.260 e. The van der Waals surface area contributed by atoms with Crippen molar-refractivity contribution in [1.82, 2.24) is 14.8 Å². The number of rotatable bonds is 8. The van der Waals surface area contributed by atoms with Crippen LogP contribution < -0.4 is 4.90 Å². The first-order valence-corrected chi connectivity index (χ1v) is 13.1. The largest absolute Gasteiger partial charge is 0.282 e. The molecular weight excluding hydrogens is 448 g/mol. The normalized spacial score (nSPS) is 11.5. The Morgan fingerprint density at radius 1 is 1.15 bits per heavy atom. The first-order chi connectivity index (χ1) is 15.9. The number of fused-ring (bicyclic) bond motifs is 1. The van der Waals surface area contributed by atoms with Crippen LogP contribution in [0.15, 0.2) is 53.4 Å². The molecule has 2 aromatic heterocycles. The van der Waals surface area contributed by atoms with Gasteiger partial charge in [0.15, 0.2) is 5.13 Å². The highest BCUT2D eigenvalue weighted by molar-refractivity contribution is 7.99. The molecule has 172 valence electrons. The molecule has 7 heteroatoms. The van der Waals surface area contributed by atoms with Crippen LogP contribution in [0.25, 0.3) is 10.2 Å². The summed E-state index contributed by atoms with van der Waals surface area (Å²) in [6.45, 7) is 11.6. The van der Waals surface area contributed by atoms with E-state index in [0.717, 1.165) is 37.4 Å². The fourth-order valence-electron chi connectivity index (χ4n) is 3.96. The van der Waals surface area contributed by atoms with Crippen LogP contribution >= 0.6 is 23.1 Å². The van der Waals surface area contributed by atoms with Crippen LogP contribution in [-0.2, 0) is 6.54 Å². The molecule has 1 amide bonds. The zero-order chi connectivity index (χ0) is 23.5. The highest BCUT2D eigenvalue weighted by Crippen LogP contribution is 2.34. The van der Waals surface area contributed by atoms with Crippen molar-refractivity contribution in [2.45, 2.75) is 52.0 Å². The standard InChI is InChI=1S/C26H30N4OS2/c1-6-32-21-10-7-9-20(16-21)25(31)29(13-14-30-19(5)15-18(4)28-30)26-27-24-22(17(2)3)11-8-12-23(24)33-26/h7-12,15-17H,6,13-14H2,1-5H3. The molecular formula is C26H30N4OS2. The van der Waals surface area contributed by atoms with Crippen molar-refractivity contribution in [1.29, 1.82) is 0 Å². The fourth-order valence-corrected chi connectivity index (χ4v) is 5.70. The molecule has 2 aromatic carbocycles. The maximum Gasteiger partial charge on any atom is 0.260 e. The third-order valence-electron chi connectivity index (χ3n) is 5.57. The van der Waals surface area contributed by atoms with Gasteiger partial charge in [0, 0.05) is 22.7 Å². The number of aromatic nitrogens is 3. The van der Waals surface area contributed by atoms with E-state index in [4.69, 9.17) is 4.98 Å². The van der Waals surface area contributed by atoms with E-state index in [1.54, 1.807) is 23.1 Å². The number of anilines is 1. The number of para-hydroxylation sites is 1. The Balaban J connectivity index is 1.73. The lowest BCUT2D eigenvalue weighted by molar-refractivity contribution is 0.0985. The van der Waals surface area contributed by atoms with Gasteiger partial charge in [-0.05, 0) is 61.4 Å². The molecule has 0 aliphatic heterocycles. The van der Waals surface area contributed by atoms with Gasteiger partial charge in [0.25, 0.3) is 5.91 Å². The van der Waals surface area contributed by atoms with Crippen molar-refractivity contribution in [3.8, 4) is 0 Å². The molecule has 5 nitrogen and oxygen atoms in total. The van der Waals surface area contributed by atoms with Gasteiger partial charge in [-0.3, -0.25) is 14.4 Å². The number of nitrogens with zero attached hydrogens (tertiary/aromatic N) is 4. The van der Waals surface area contributed by atoms with Gasteiger partial charge in [0.05, 0.1) is 22.5 Å². The number of aryl methyl sites for hydroxylation is 2. The summed E-state index contributed by atoms with van der Waals surface area (Å²) in [7, 11) is 0. The van der Waals surface area contributed by atoms with Crippen LogP contribution in [0.2, 0.25) is 0 Å². The van der Waals surface area contributed by atoms with Gasteiger partial charge >= 0.3 is 0 Å². The van der Waals surface area contributed by atoms with E-state index >= 15 is 0 Å². The summed E-state index contributed by atoms with van der Waals surface area (Å²) < 4.78 is 3.07. The van der Waals surface area contributed by atoms with Crippen molar-refractivity contribution in [3.63, 3.8) is 0 Å². The van der Waals surface area contributed by atoms with E-state index < -0.39 is 0 Å². The maximum absolute atomic E-state index is 13.8. The van der Waals surface area contributed by atoms with Crippen LogP contribution in [-0.4, -0.2) is 33.0 Å². The number of hydrogen-bond donors (Lipinski definition) is 0. The van der Waals surface area contributed by atoms with Crippen molar-refractivity contribution < 1.29 is 4.79 Å². The number of carbonyl (C=O) groups excluding carboxylic acids is 1. The Bertz CT molecular complexity index is 1270. The second-order valence-corrected chi connectivity index (χ2v) is 10.8. The summed E-state index contributed by atoms with van der Waals surface area (Å²) in [5, 5.41) is 5.32. The number of carbonyl (C=O) groups is 1. The SMILES string of the molecule is CCSc1cccc(C(=O)N(CCn2nc(C)cc2C)c2nc3c(C(C)C)cccc3s2)c1. The first kappa shape index (κ1) is 23.5. The number of hydrogen-bond acceptors (Lipinski definition) is 5. The highest BCUT2D eigenvalue weighted by atomic mass is 32.2. The molecule has 0 bridgehead atoms. The average molecular weight is 479 g/mol. The van der Waals surface area contributed by atoms with Crippen LogP contribution in [0.5, 0.6) is 0 Å². The Kier molecular flexibility index (Phi) is 7.20. The van der Waals surface area contributed by atoms with Crippen molar-refractivity contribution in [2.24, 2.45) is 0 Å². The fraction of sp³-hybridized carbons (Fsp3) is 0.346. The molecule has 4 aromatic rings. The van der Waals surface area contributed by atoms with Gasteiger partial charge in [0.2, 0.25) is 0 Å². The van der Waals surface area contributed by atoms with E-state index in [1.807, 2.05) is 41.6 Å². The van der Waals surface area contributed by atoms with Gasteiger partial charge in [-0.15, -0.1) is 11.8 Å². The third-order valence-corrected chi connectivity index (χ3v) is 7.49. The number of benzene rings is 2. The maximum atomic E-state index is 13.8. The Hall–Kier alpha value is -2.64. The van der Waals surface area contributed by atoms with Gasteiger partial charge in [-0.1, -0.05) is 50.3 Å². The van der Waals surface area contributed by atoms with Gasteiger partial charge in [0.1, 0.15) is 0 Å². The molecule has 0 atom stereocenters. The van der Waals surface area contributed by atoms with Gasteiger partial charge in [-0.2, -0.15) is 5.10 Å². The minimum Gasteiger partial charge on any atom is -0.282 e. The second kappa shape index (κ2) is 10.1. The number of thioether (sulfide) groups is 1. The summed E-state index contributed by atoms with van der Waals surface area (Å²) in [4.78, 5) is 21.7. The summed E-state index contributed by atoms with van der Waals surface area (Å²) in [6.07, 6.45) is 0. The quantitative estimate of drug-likeness (QED) is 0.265. The Labute approximate surface area is 203 Å². The van der Waals surface area contributed by atoms with E-state index in [0.29, 0.717) is 24.6 Å². The molecule has 0 N–H and O–H groups in total. The van der Waals surface area contributed by atoms with E-state index in [-0.39, 0.29) is 5.91 Å². The summed E-state index contributed by atoms with van der Waals surface area (Å²) in [6, 6.07) is 16.2. The highest BCUT2D eigenvalue weighted by Gasteiger charge is 2.23. The first-order valence-electron chi connectivity index (χ1n) is 11.3. The topological polar surface area (TPSA) is 51.0 Å². The Morgan fingerprint density at radius 3 is 2.64 bits per heavy atom. The molecule has 0 unspecified atom stereocenters. The van der Waals surface area contributed by atoms with Crippen LogP contribution in [0.3, 0.4) is 0 Å². The predicted octanol–water partition coefficient (Wildman–Crippen LogP) is 6.69. The second-order valence-electron chi connectivity index (χ2n) is 8.41. The van der Waals surface area contributed by atoms with Gasteiger partial charge < -0.3 is 0 Å². The molecule has 0 fully saturated rings. The number of amides is 1. The van der Waals surface area contributed by atoms with Crippen molar-refractivity contribution >= 4 is 44.4 Å². The van der Waals surface area contributed by atoms with E-state index in [2.05, 4.69) is 56.2 Å². The van der Waals surface area contributed by atoms with E-state index in [9.17, 15) is 4.79 Å². The zero-order valence-electron chi connectivity index (χ0n) is 19.8. The summed E-state index contributed by atoms with van der Waals surface area (Å²) in [5.74, 6) is 1.31. The molecule has 0 saturated heterocycles. The molecule has 0 saturated carbocycles. The summed E-state index contributed by atoms with van der Waals surface area (Å²) in [5.41, 5.74) is 4.96. The molecule has 4 rings (SSSR count). The molecule has 0 aliphatic rings. The molecule has 0 spiro atoms. The molecule has 33 heavy (non-hydrogen) atoms. The summed E-state index contributed by atoms with van der Waals surface area (Å²) >= 11 is 3.32. The lowest BCUT2D eigenvalue weighted by Gasteiger charge is -2.21.